The monoisotopic (exact) mass is 174 g/mol. The molecule has 4 rings (SSSR count). The maximum atomic E-state index is 2.54. The van der Waals surface area contributed by atoms with Gasteiger partial charge in [-0.25, -0.2) is 0 Å². The van der Waals surface area contributed by atoms with Gasteiger partial charge in [-0.15, -0.1) is 0 Å². The van der Waals surface area contributed by atoms with E-state index in [1.165, 1.54) is 6.42 Å². The third-order valence-corrected chi connectivity index (χ3v) is 5.60. The molecule has 0 aromatic heterocycles. The van der Waals surface area contributed by atoms with Crippen LogP contribution in [-0.4, -0.2) is 0 Å². The van der Waals surface area contributed by atoms with Crippen LogP contribution in [-0.2, 0) is 0 Å². The molecule has 0 heterocycles. The van der Waals surface area contributed by atoms with Crippen LogP contribution in [0.3, 0.4) is 0 Å². The Morgan fingerprint density at radius 2 is 1.69 bits per heavy atom. The Labute approximate surface area is 80.4 Å². The summed E-state index contributed by atoms with van der Waals surface area (Å²) in [5.41, 5.74) is 0. The Bertz CT molecular complexity index is 278. The molecule has 0 radical (unpaired) electrons. The van der Waals surface area contributed by atoms with E-state index >= 15 is 0 Å². The number of allylic oxidation sites excluding steroid dienone is 2. The third kappa shape index (κ3) is 0.671. The zero-order valence-electron chi connectivity index (χ0n) is 8.32. The van der Waals surface area contributed by atoms with Gasteiger partial charge in [-0.3, -0.25) is 0 Å². The molecule has 0 saturated heterocycles. The molecule has 3 fully saturated rings. The molecule has 4 aliphatic rings. The molecule has 7 atom stereocenters. The third-order valence-electron chi connectivity index (χ3n) is 5.60. The van der Waals surface area contributed by atoms with E-state index in [0.29, 0.717) is 0 Å². The van der Waals surface area contributed by atoms with Gasteiger partial charge >= 0.3 is 0 Å². The van der Waals surface area contributed by atoms with Crippen LogP contribution in [0.5, 0.6) is 0 Å². The Morgan fingerprint density at radius 1 is 0.923 bits per heavy atom. The van der Waals surface area contributed by atoms with Crippen LogP contribution >= 0.6 is 0 Å². The minimum absolute atomic E-state index is 1.01. The summed E-state index contributed by atoms with van der Waals surface area (Å²) in [6.45, 7) is 2.50. The van der Waals surface area contributed by atoms with Gasteiger partial charge in [0.15, 0.2) is 0 Å². The van der Waals surface area contributed by atoms with Crippen LogP contribution in [0.2, 0.25) is 0 Å². The molecule has 4 bridgehead atoms. The van der Waals surface area contributed by atoms with Crippen molar-refractivity contribution in [3.05, 3.63) is 12.2 Å². The molecule has 0 nitrogen and oxygen atoms in total. The molecule has 0 aromatic rings. The summed E-state index contributed by atoms with van der Waals surface area (Å²) in [6, 6.07) is 0. The van der Waals surface area contributed by atoms with Gasteiger partial charge in [-0.2, -0.15) is 0 Å². The van der Waals surface area contributed by atoms with E-state index < -0.39 is 0 Å². The van der Waals surface area contributed by atoms with E-state index in [-0.39, 0.29) is 0 Å². The second-order valence-electron chi connectivity index (χ2n) is 5.98. The Kier molecular flexibility index (Phi) is 1.11. The van der Waals surface area contributed by atoms with E-state index in [4.69, 9.17) is 0 Å². The normalized spacial score (nSPS) is 66.4. The van der Waals surface area contributed by atoms with Crippen LogP contribution in [0.1, 0.15) is 26.2 Å². The van der Waals surface area contributed by atoms with Crippen molar-refractivity contribution >= 4 is 0 Å². The highest BCUT2D eigenvalue weighted by molar-refractivity contribution is 5.20. The fourth-order valence-corrected chi connectivity index (χ4v) is 5.35. The van der Waals surface area contributed by atoms with Crippen molar-refractivity contribution < 1.29 is 0 Å². The van der Waals surface area contributed by atoms with Crippen molar-refractivity contribution in [2.45, 2.75) is 26.2 Å². The average Bonchev–Trinajstić information content (AvgIpc) is 2.78. The zero-order valence-corrected chi connectivity index (χ0v) is 8.32. The molecule has 0 aromatic carbocycles. The highest BCUT2D eigenvalue weighted by atomic mass is 14.6. The summed E-state index contributed by atoms with van der Waals surface area (Å²) in [5, 5.41) is 0. The summed E-state index contributed by atoms with van der Waals surface area (Å²) >= 11 is 0. The summed E-state index contributed by atoms with van der Waals surface area (Å²) in [4.78, 5) is 0. The molecule has 0 aliphatic heterocycles. The van der Waals surface area contributed by atoms with Crippen molar-refractivity contribution in [3.63, 3.8) is 0 Å². The van der Waals surface area contributed by atoms with Crippen molar-refractivity contribution in [1.82, 2.24) is 0 Å². The van der Waals surface area contributed by atoms with Gasteiger partial charge in [0.05, 0.1) is 0 Å². The van der Waals surface area contributed by atoms with Crippen molar-refractivity contribution in [2.75, 3.05) is 0 Å². The molecular formula is C13H18. The number of rotatable bonds is 0. The lowest BCUT2D eigenvalue weighted by Gasteiger charge is -2.35. The Morgan fingerprint density at radius 3 is 2.54 bits per heavy atom. The largest absolute Gasteiger partial charge is 0.0848 e. The summed E-state index contributed by atoms with van der Waals surface area (Å²) in [5.74, 6) is 7.59. The minimum atomic E-state index is 1.01. The second-order valence-corrected chi connectivity index (χ2v) is 5.98. The Balaban J connectivity index is 1.79. The van der Waals surface area contributed by atoms with Crippen molar-refractivity contribution in [3.8, 4) is 0 Å². The molecule has 0 N–H and O–H groups in total. The highest BCUT2D eigenvalue weighted by Crippen LogP contribution is 2.66. The first-order valence-corrected chi connectivity index (χ1v) is 6.03. The van der Waals surface area contributed by atoms with Gasteiger partial charge in [-0.1, -0.05) is 19.1 Å². The van der Waals surface area contributed by atoms with E-state index in [2.05, 4.69) is 19.1 Å². The molecule has 70 valence electrons. The molecule has 3 saturated carbocycles. The first-order chi connectivity index (χ1) is 6.34. The maximum absolute atomic E-state index is 2.54. The fourth-order valence-electron chi connectivity index (χ4n) is 5.35. The van der Waals surface area contributed by atoms with E-state index in [1.54, 1.807) is 12.8 Å². The van der Waals surface area contributed by atoms with Gasteiger partial charge in [0.1, 0.15) is 0 Å². The first kappa shape index (κ1) is 7.09. The summed E-state index contributed by atoms with van der Waals surface area (Å²) in [6.07, 6.45) is 9.75. The van der Waals surface area contributed by atoms with Crippen molar-refractivity contribution in [2.24, 2.45) is 41.4 Å². The van der Waals surface area contributed by atoms with Gasteiger partial charge in [0, 0.05) is 0 Å². The van der Waals surface area contributed by atoms with Crippen LogP contribution < -0.4 is 0 Å². The molecule has 0 amide bonds. The van der Waals surface area contributed by atoms with Gasteiger partial charge in [-0.05, 0) is 60.7 Å². The van der Waals surface area contributed by atoms with Crippen molar-refractivity contribution in [1.29, 1.82) is 0 Å². The first-order valence-electron chi connectivity index (χ1n) is 6.03. The van der Waals surface area contributed by atoms with Crippen LogP contribution in [0.4, 0.5) is 0 Å². The quantitative estimate of drug-likeness (QED) is 0.391. The Hall–Kier alpha value is -0.260. The number of hydrogen-bond acceptors (Lipinski definition) is 0. The van der Waals surface area contributed by atoms with Gasteiger partial charge < -0.3 is 0 Å². The lowest BCUT2D eigenvalue weighted by molar-refractivity contribution is 0.160. The number of hydrogen-bond donors (Lipinski definition) is 0. The van der Waals surface area contributed by atoms with Crippen LogP contribution in [0.15, 0.2) is 12.2 Å². The van der Waals surface area contributed by atoms with Crippen LogP contribution in [0.25, 0.3) is 0 Å². The molecule has 13 heavy (non-hydrogen) atoms. The smallest absolute Gasteiger partial charge is 0.0194 e. The molecule has 4 aliphatic carbocycles. The molecular weight excluding hydrogens is 156 g/mol. The van der Waals surface area contributed by atoms with Crippen LogP contribution in [0, 0.1) is 41.4 Å². The van der Waals surface area contributed by atoms with E-state index in [0.717, 1.165) is 41.4 Å². The minimum Gasteiger partial charge on any atom is -0.0848 e. The van der Waals surface area contributed by atoms with E-state index in [1.807, 2.05) is 0 Å². The SMILES string of the molecule is C[C@H]1C[C@H]2C[C@@H]1[C@H]1[C@@H]2[C@@H]2C=C[C@H]1C2. The summed E-state index contributed by atoms with van der Waals surface area (Å²) < 4.78 is 0. The van der Waals surface area contributed by atoms with Gasteiger partial charge in [0.2, 0.25) is 0 Å². The lowest BCUT2D eigenvalue weighted by atomic mass is 9.70. The standard InChI is InChI=1S/C13H18/c1-7-4-10-6-11(7)13-9-3-2-8(5-9)12(10)13/h2-3,7-13H,4-6H2,1H3/t7-,8+,9-,10-,11-,12+,13-/m0/s1. The zero-order chi connectivity index (χ0) is 8.58. The highest BCUT2D eigenvalue weighted by Gasteiger charge is 2.59. The number of fused-ring (bicyclic) bond motifs is 9. The van der Waals surface area contributed by atoms with E-state index in [9.17, 15) is 0 Å². The average molecular weight is 174 g/mol. The summed E-state index contributed by atoms with van der Waals surface area (Å²) in [7, 11) is 0. The van der Waals surface area contributed by atoms with Gasteiger partial charge in [0.25, 0.3) is 0 Å². The topological polar surface area (TPSA) is 0 Å². The fraction of sp³-hybridized carbons (Fsp3) is 0.846. The second kappa shape index (κ2) is 2.04. The molecule has 0 heteroatoms. The predicted molar refractivity (Wildman–Crippen MR) is 53.1 cm³/mol. The predicted octanol–water partition coefficient (Wildman–Crippen LogP) is 3.10. The molecule has 0 unspecified atom stereocenters. The molecule has 0 spiro atoms. The maximum Gasteiger partial charge on any atom is -0.0194 e. The lowest BCUT2D eigenvalue weighted by Crippen LogP contribution is -2.29.